The van der Waals surface area contributed by atoms with Crippen LogP contribution in [-0.4, -0.2) is 55.6 Å². The molecule has 1 saturated heterocycles. The summed E-state index contributed by atoms with van der Waals surface area (Å²) in [4.78, 5) is 24.9. The van der Waals surface area contributed by atoms with E-state index in [1.165, 1.54) is 4.90 Å². The van der Waals surface area contributed by atoms with Gasteiger partial charge in [-0.1, -0.05) is 0 Å². The first-order valence-corrected chi connectivity index (χ1v) is 5.95. The highest BCUT2D eigenvalue weighted by atomic mass is 16.5. The van der Waals surface area contributed by atoms with Gasteiger partial charge in [0, 0.05) is 19.1 Å². The average molecular weight is 241 g/mol. The van der Waals surface area contributed by atoms with Crippen molar-refractivity contribution in [3.8, 4) is 0 Å². The number of carbonyl (C=O) groups excluding carboxylic acids is 2. The summed E-state index contributed by atoms with van der Waals surface area (Å²) < 4.78 is 5.15. The maximum absolute atomic E-state index is 12.0. The van der Waals surface area contributed by atoms with Crippen molar-refractivity contribution in [3.05, 3.63) is 0 Å². The number of carbonyl (C=O) groups is 2. The summed E-state index contributed by atoms with van der Waals surface area (Å²) in [5, 5.41) is 2.85. The average Bonchev–Trinajstić information content (AvgIpc) is 2.97. The van der Waals surface area contributed by atoms with Crippen molar-refractivity contribution in [2.45, 2.75) is 24.9 Å². The van der Waals surface area contributed by atoms with Crippen LogP contribution in [0.1, 0.15) is 12.8 Å². The molecular weight excluding hydrogens is 222 g/mol. The topological polar surface area (TPSA) is 84.7 Å². The third-order valence-corrected chi connectivity index (χ3v) is 3.14. The van der Waals surface area contributed by atoms with E-state index in [0.717, 1.165) is 12.8 Å². The highest BCUT2D eigenvalue weighted by molar-refractivity contribution is 5.86. The largest absolute Gasteiger partial charge is 0.379 e. The van der Waals surface area contributed by atoms with Gasteiger partial charge in [0.25, 0.3) is 0 Å². The third kappa shape index (κ3) is 3.17. The summed E-state index contributed by atoms with van der Waals surface area (Å²) >= 11 is 0. The van der Waals surface area contributed by atoms with E-state index in [1.807, 2.05) is 0 Å². The molecule has 0 spiro atoms. The Bertz CT molecular complexity index is 317. The Balaban J connectivity index is 1.79. The number of nitrogens with two attached hydrogens (primary N) is 1. The Morgan fingerprint density at radius 3 is 2.65 bits per heavy atom. The van der Waals surface area contributed by atoms with Crippen molar-refractivity contribution in [1.82, 2.24) is 10.2 Å². The Labute approximate surface area is 100 Å². The van der Waals surface area contributed by atoms with Crippen LogP contribution in [0.3, 0.4) is 0 Å². The first-order valence-electron chi connectivity index (χ1n) is 5.95. The molecular formula is C11H19N3O3. The molecule has 0 radical (unpaired) electrons. The molecule has 0 bridgehead atoms. The minimum Gasteiger partial charge on any atom is -0.379 e. The summed E-state index contributed by atoms with van der Waals surface area (Å²) in [5.74, 6) is -0.523. The van der Waals surface area contributed by atoms with Gasteiger partial charge in [-0.25, -0.2) is 0 Å². The Morgan fingerprint density at radius 1 is 1.41 bits per heavy atom. The molecule has 6 nitrogen and oxygen atoms in total. The van der Waals surface area contributed by atoms with Gasteiger partial charge in [0.2, 0.25) is 11.8 Å². The van der Waals surface area contributed by atoms with Crippen LogP contribution in [0.4, 0.5) is 0 Å². The number of nitrogens with zero attached hydrogens (tertiary/aromatic N) is 1. The van der Waals surface area contributed by atoms with Crippen molar-refractivity contribution >= 4 is 11.8 Å². The monoisotopic (exact) mass is 241 g/mol. The van der Waals surface area contributed by atoms with Gasteiger partial charge < -0.3 is 20.7 Å². The van der Waals surface area contributed by atoms with Crippen LogP contribution in [0.25, 0.3) is 0 Å². The molecule has 2 aliphatic rings. The first kappa shape index (κ1) is 12.3. The smallest absolute Gasteiger partial charge is 0.239 e. The molecule has 96 valence electrons. The fourth-order valence-corrected chi connectivity index (χ4v) is 1.90. The lowest BCUT2D eigenvalue weighted by Gasteiger charge is -2.21. The molecule has 2 rings (SSSR count). The van der Waals surface area contributed by atoms with E-state index in [2.05, 4.69) is 5.32 Å². The van der Waals surface area contributed by atoms with Gasteiger partial charge in [-0.05, 0) is 12.8 Å². The fourth-order valence-electron chi connectivity index (χ4n) is 1.90. The predicted molar refractivity (Wildman–Crippen MR) is 61.1 cm³/mol. The molecule has 1 saturated carbocycles. The Kier molecular flexibility index (Phi) is 3.63. The van der Waals surface area contributed by atoms with Crippen LogP contribution in [0.5, 0.6) is 0 Å². The molecule has 2 fully saturated rings. The lowest BCUT2D eigenvalue weighted by molar-refractivity contribution is -0.138. The molecule has 0 aromatic heterocycles. The quantitative estimate of drug-likeness (QED) is 0.640. The normalized spacial score (nSPS) is 27.9. The fraction of sp³-hybridized carbons (Fsp3) is 0.818. The van der Waals surface area contributed by atoms with Crippen molar-refractivity contribution < 1.29 is 14.3 Å². The summed E-state index contributed by atoms with van der Waals surface area (Å²) in [6.45, 7) is 0.867. The van der Waals surface area contributed by atoms with Crippen LogP contribution < -0.4 is 11.1 Å². The lowest BCUT2D eigenvalue weighted by Crippen LogP contribution is -2.45. The minimum absolute atomic E-state index is 0.0958. The molecule has 3 N–H and O–H groups in total. The number of hydrogen-bond acceptors (Lipinski definition) is 4. The van der Waals surface area contributed by atoms with Crippen molar-refractivity contribution in [2.75, 3.05) is 26.8 Å². The zero-order valence-corrected chi connectivity index (χ0v) is 10.0. The van der Waals surface area contributed by atoms with E-state index in [4.69, 9.17) is 10.5 Å². The molecule has 0 aromatic rings. The molecule has 2 atom stereocenters. The number of amides is 2. The van der Waals surface area contributed by atoms with Crippen LogP contribution in [0.2, 0.25) is 0 Å². The maximum Gasteiger partial charge on any atom is 0.239 e. The number of nitrogens with one attached hydrogen (secondary N) is 1. The number of likely N-dealkylation sites (N-methyl/N-ethyl adjacent to an activating group) is 1. The summed E-state index contributed by atoms with van der Waals surface area (Å²) in [6, 6.07) is 0.0690. The molecule has 2 unspecified atom stereocenters. The van der Waals surface area contributed by atoms with Crippen LogP contribution >= 0.6 is 0 Å². The van der Waals surface area contributed by atoms with E-state index in [9.17, 15) is 9.59 Å². The predicted octanol–water partition coefficient (Wildman–Crippen LogP) is -1.30. The van der Waals surface area contributed by atoms with Crippen molar-refractivity contribution in [2.24, 2.45) is 11.7 Å². The van der Waals surface area contributed by atoms with Gasteiger partial charge in [-0.15, -0.1) is 0 Å². The highest BCUT2D eigenvalue weighted by Gasteiger charge is 2.34. The van der Waals surface area contributed by atoms with Gasteiger partial charge in [-0.2, -0.15) is 0 Å². The molecule has 6 heteroatoms. The van der Waals surface area contributed by atoms with Gasteiger partial charge in [-0.3, -0.25) is 9.59 Å². The van der Waals surface area contributed by atoms with Crippen molar-refractivity contribution in [3.63, 3.8) is 0 Å². The zero-order valence-electron chi connectivity index (χ0n) is 10.0. The molecule has 2 amide bonds. The SMILES string of the molecule is CN(CC(=O)NC1CC1)C(=O)C1COCC1N. The molecule has 1 heterocycles. The molecule has 1 aliphatic heterocycles. The molecule has 0 aromatic carbocycles. The zero-order chi connectivity index (χ0) is 12.4. The minimum atomic E-state index is -0.311. The molecule has 17 heavy (non-hydrogen) atoms. The Hall–Kier alpha value is -1.14. The van der Waals surface area contributed by atoms with E-state index < -0.39 is 0 Å². The lowest BCUT2D eigenvalue weighted by atomic mass is 10.0. The highest BCUT2D eigenvalue weighted by Crippen LogP contribution is 2.18. The van der Waals surface area contributed by atoms with Gasteiger partial charge in [0.1, 0.15) is 0 Å². The summed E-state index contributed by atoms with van der Waals surface area (Å²) in [5.41, 5.74) is 5.77. The third-order valence-electron chi connectivity index (χ3n) is 3.14. The maximum atomic E-state index is 12.0. The van der Waals surface area contributed by atoms with E-state index in [1.54, 1.807) is 7.05 Å². The van der Waals surface area contributed by atoms with Gasteiger partial charge in [0.15, 0.2) is 0 Å². The van der Waals surface area contributed by atoms with Gasteiger partial charge >= 0.3 is 0 Å². The number of hydrogen-bond donors (Lipinski definition) is 2. The first-order chi connectivity index (χ1) is 8.08. The van der Waals surface area contributed by atoms with Crippen LogP contribution in [0.15, 0.2) is 0 Å². The number of ether oxygens (including phenoxy) is 1. The van der Waals surface area contributed by atoms with Crippen LogP contribution in [0, 0.1) is 5.92 Å². The van der Waals surface area contributed by atoms with Crippen molar-refractivity contribution in [1.29, 1.82) is 0 Å². The van der Waals surface area contributed by atoms with E-state index >= 15 is 0 Å². The van der Waals surface area contributed by atoms with Gasteiger partial charge in [0.05, 0.1) is 25.7 Å². The second-order valence-electron chi connectivity index (χ2n) is 4.84. The van der Waals surface area contributed by atoms with E-state index in [0.29, 0.717) is 19.3 Å². The number of rotatable bonds is 4. The Morgan fingerprint density at radius 2 is 2.12 bits per heavy atom. The van der Waals surface area contributed by atoms with Crippen LogP contribution in [-0.2, 0) is 14.3 Å². The standard InChI is InChI=1S/C11H19N3O3/c1-14(4-10(15)13-7-2-3-7)11(16)8-5-17-6-9(8)12/h7-9H,2-6,12H2,1H3,(H,13,15). The molecule has 1 aliphatic carbocycles. The summed E-state index contributed by atoms with van der Waals surface area (Å²) in [7, 11) is 1.62. The second-order valence-corrected chi connectivity index (χ2v) is 4.84. The summed E-state index contributed by atoms with van der Waals surface area (Å²) in [6.07, 6.45) is 2.09. The second kappa shape index (κ2) is 5.01. The van der Waals surface area contributed by atoms with E-state index in [-0.39, 0.29) is 30.3 Å².